The summed E-state index contributed by atoms with van der Waals surface area (Å²) in [7, 11) is 1.67. The van der Waals surface area contributed by atoms with E-state index in [1.807, 2.05) is 0 Å². The molecule has 0 radical (unpaired) electrons. The maximum absolute atomic E-state index is 12.4. The number of hydrogen-bond acceptors (Lipinski definition) is 8. The highest BCUT2D eigenvalue weighted by molar-refractivity contribution is 8.13. The van der Waals surface area contributed by atoms with Crippen LogP contribution in [0.5, 0.6) is 0 Å². The third-order valence-electron chi connectivity index (χ3n) is 4.79. The number of thiazole rings is 1. The Hall–Kier alpha value is -1.62. The van der Waals surface area contributed by atoms with Gasteiger partial charge in [0.15, 0.2) is 10.9 Å². The highest BCUT2D eigenvalue weighted by atomic mass is 35.5. The van der Waals surface area contributed by atoms with E-state index in [-0.39, 0.29) is 17.7 Å². The number of hydrogen-bond donors (Lipinski definition) is 2. The summed E-state index contributed by atoms with van der Waals surface area (Å²) in [4.78, 5) is 21.8. The second-order valence-electron chi connectivity index (χ2n) is 6.71. The Morgan fingerprint density at radius 1 is 1.56 bits per heavy atom. The van der Waals surface area contributed by atoms with Crippen molar-refractivity contribution in [3.05, 3.63) is 27.3 Å². The Morgan fingerprint density at radius 2 is 2.37 bits per heavy atom. The van der Waals surface area contributed by atoms with Crippen molar-refractivity contribution in [2.75, 3.05) is 17.7 Å². The van der Waals surface area contributed by atoms with Crippen LogP contribution in [0.25, 0.3) is 0 Å². The number of nitrogens with zero attached hydrogens (tertiary/aromatic N) is 4. The predicted octanol–water partition coefficient (Wildman–Crippen LogP) is 2.46. The van der Waals surface area contributed by atoms with Gasteiger partial charge in [-0.05, 0) is 13.3 Å². The summed E-state index contributed by atoms with van der Waals surface area (Å²) in [5.41, 5.74) is 5.68. The Morgan fingerprint density at radius 3 is 3.11 bits per heavy atom. The molecule has 8 nitrogen and oxygen atoms in total. The van der Waals surface area contributed by atoms with Gasteiger partial charge in [-0.25, -0.2) is 9.98 Å². The zero-order valence-corrected chi connectivity index (χ0v) is 17.2. The average Bonchev–Trinajstić information content (AvgIpc) is 3.23. The smallest absolute Gasteiger partial charge is 0.277 e. The lowest BCUT2D eigenvalue weighted by atomic mass is 9.80. The molecular formula is C16H19ClN6O2S2. The van der Waals surface area contributed by atoms with Crippen molar-refractivity contribution in [1.29, 1.82) is 0 Å². The van der Waals surface area contributed by atoms with Crippen molar-refractivity contribution < 1.29 is 9.53 Å². The van der Waals surface area contributed by atoms with E-state index >= 15 is 0 Å². The molecule has 11 heteroatoms. The van der Waals surface area contributed by atoms with E-state index in [1.165, 1.54) is 22.1 Å². The van der Waals surface area contributed by atoms with Gasteiger partial charge in [0, 0.05) is 30.2 Å². The number of carbonyl (C=O) groups excluding carboxylic acids is 1. The van der Waals surface area contributed by atoms with Crippen molar-refractivity contribution in [3.63, 3.8) is 0 Å². The molecule has 0 saturated carbocycles. The second-order valence-corrected chi connectivity index (χ2v) is 8.99. The van der Waals surface area contributed by atoms with Gasteiger partial charge in [-0.15, -0.1) is 11.3 Å². The SMILES string of the molecule is C[C@H]1C[C@H]2CSC(N)=N[C@@]2(c2nc(NC(=O)c3cc(Cl)n(C)n3)cs2)CO1. The molecule has 1 amide bonds. The maximum Gasteiger partial charge on any atom is 0.277 e. The van der Waals surface area contributed by atoms with Gasteiger partial charge < -0.3 is 15.8 Å². The van der Waals surface area contributed by atoms with Gasteiger partial charge in [0.1, 0.15) is 21.5 Å². The number of aryl methyl sites for hydroxylation is 1. The Bertz CT molecular complexity index is 893. The number of nitrogens with two attached hydrogens (primary N) is 1. The molecule has 144 valence electrons. The van der Waals surface area contributed by atoms with Crippen LogP contribution in [0.3, 0.4) is 0 Å². The number of amidine groups is 1. The number of amides is 1. The van der Waals surface area contributed by atoms with Crippen LogP contribution >= 0.6 is 34.7 Å². The molecule has 0 spiro atoms. The predicted molar refractivity (Wildman–Crippen MR) is 108 cm³/mol. The molecule has 1 fully saturated rings. The lowest BCUT2D eigenvalue weighted by molar-refractivity contribution is -0.0466. The van der Waals surface area contributed by atoms with Crippen LogP contribution in [0.2, 0.25) is 5.15 Å². The molecule has 1 saturated heterocycles. The van der Waals surface area contributed by atoms with Gasteiger partial charge in [0.05, 0.1) is 12.7 Å². The minimum atomic E-state index is -0.580. The largest absolute Gasteiger partial charge is 0.379 e. The number of aromatic nitrogens is 3. The molecule has 0 aliphatic carbocycles. The Labute approximate surface area is 169 Å². The zero-order valence-electron chi connectivity index (χ0n) is 14.8. The third-order valence-corrected chi connectivity index (χ3v) is 7.11. The normalized spacial score (nSPS) is 27.7. The van der Waals surface area contributed by atoms with Gasteiger partial charge in [-0.1, -0.05) is 23.4 Å². The van der Waals surface area contributed by atoms with Crippen LogP contribution in [0, 0.1) is 5.92 Å². The zero-order chi connectivity index (χ0) is 19.2. The first-order valence-electron chi connectivity index (χ1n) is 8.44. The molecule has 0 unspecified atom stereocenters. The molecule has 0 bridgehead atoms. The first-order chi connectivity index (χ1) is 12.9. The van der Waals surface area contributed by atoms with Crippen molar-refractivity contribution >= 4 is 51.6 Å². The lowest BCUT2D eigenvalue weighted by Crippen LogP contribution is -2.49. The van der Waals surface area contributed by atoms with Crippen LogP contribution in [0.15, 0.2) is 16.4 Å². The highest BCUT2D eigenvalue weighted by Gasteiger charge is 2.49. The molecule has 2 aliphatic rings. The monoisotopic (exact) mass is 426 g/mol. The number of carbonyl (C=O) groups is 1. The molecule has 2 aromatic heterocycles. The quantitative estimate of drug-likeness (QED) is 0.780. The van der Waals surface area contributed by atoms with E-state index < -0.39 is 5.54 Å². The first kappa shape index (κ1) is 18.7. The fourth-order valence-corrected chi connectivity index (χ4v) is 5.46. The van der Waals surface area contributed by atoms with Gasteiger partial charge in [-0.3, -0.25) is 9.48 Å². The number of nitrogens with one attached hydrogen (secondary N) is 1. The Kier molecular flexibility index (Phi) is 4.91. The average molecular weight is 427 g/mol. The number of anilines is 1. The van der Waals surface area contributed by atoms with E-state index in [2.05, 4.69) is 22.3 Å². The molecule has 2 aromatic rings. The van der Waals surface area contributed by atoms with Crippen LogP contribution in [0.1, 0.15) is 28.8 Å². The number of rotatable bonds is 3. The van der Waals surface area contributed by atoms with Crippen molar-refractivity contribution in [2.24, 2.45) is 23.7 Å². The summed E-state index contributed by atoms with van der Waals surface area (Å²) >= 11 is 8.97. The summed E-state index contributed by atoms with van der Waals surface area (Å²) < 4.78 is 7.34. The standard InChI is InChI=1S/C16H19ClN6O2S2/c1-8-3-9-5-27-15(18)21-16(9,7-25-8)14-20-12(6-26-14)19-13(24)10-4-11(17)23(2)22-10/h4,6,8-9H,3,5,7H2,1-2H3,(H2,18,21)(H,19,24)/t8-,9-,16-/m0/s1. The van der Waals surface area contributed by atoms with Gasteiger partial charge >= 0.3 is 0 Å². The molecule has 4 rings (SSSR count). The highest BCUT2D eigenvalue weighted by Crippen LogP contribution is 2.47. The lowest BCUT2D eigenvalue weighted by Gasteiger charge is -2.44. The topological polar surface area (TPSA) is 107 Å². The molecular weight excluding hydrogens is 408 g/mol. The molecule has 0 aromatic carbocycles. The van der Waals surface area contributed by atoms with Crippen LogP contribution in [0.4, 0.5) is 5.82 Å². The van der Waals surface area contributed by atoms with E-state index in [0.29, 0.717) is 28.7 Å². The van der Waals surface area contributed by atoms with Crippen LogP contribution in [-0.4, -0.2) is 44.3 Å². The summed E-state index contributed by atoms with van der Waals surface area (Å²) in [6, 6.07) is 1.51. The minimum Gasteiger partial charge on any atom is -0.379 e. The molecule has 27 heavy (non-hydrogen) atoms. The fraction of sp³-hybridized carbons (Fsp3) is 0.500. The second kappa shape index (κ2) is 7.08. The molecule has 3 N–H and O–H groups in total. The van der Waals surface area contributed by atoms with Crippen LogP contribution in [-0.2, 0) is 17.3 Å². The van der Waals surface area contributed by atoms with Crippen LogP contribution < -0.4 is 11.1 Å². The fourth-order valence-electron chi connectivity index (χ4n) is 3.35. The third kappa shape index (κ3) is 3.46. The molecule has 4 heterocycles. The first-order valence-corrected chi connectivity index (χ1v) is 10.7. The summed E-state index contributed by atoms with van der Waals surface area (Å²) in [6.45, 7) is 2.51. The van der Waals surface area contributed by atoms with Crippen molar-refractivity contribution in [2.45, 2.75) is 25.0 Å². The summed E-state index contributed by atoms with van der Waals surface area (Å²) in [5.74, 6) is 1.28. The van der Waals surface area contributed by atoms with E-state index in [0.717, 1.165) is 17.2 Å². The van der Waals surface area contributed by atoms with E-state index in [9.17, 15) is 4.79 Å². The van der Waals surface area contributed by atoms with E-state index in [1.54, 1.807) is 24.2 Å². The number of halogens is 1. The Balaban J connectivity index is 1.59. The number of aliphatic imine (C=N–C) groups is 1. The summed E-state index contributed by atoms with van der Waals surface area (Å²) in [5, 5.41) is 10.4. The van der Waals surface area contributed by atoms with Gasteiger partial charge in [0.25, 0.3) is 5.91 Å². The van der Waals surface area contributed by atoms with Crippen molar-refractivity contribution in [3.8, 4) is 0 Å². The number of ether oxygens (including phenoxy) is 1. The molecule has 2 aliphatic heterocycles. The summed E-state index contributed by atoms with van der Waals surface area (Å²) in [6.07, 6.45) is 1.09. The van der Waals surface area contributed by atoms with Crippen molar-refractivity contribution in [1.82, 2.24) is 14.8 Å². The van der Waals surface area contributed by atoms with Gasteiger partial charge in [0.2, 0.25) is 0 Å². The van der Waals surface area contributed by atoms with Gasteiger partial charge in [-0.2, -0.15) is 5.10 Å². The number of fused-ring (bicyclic) bond motifs is 1. The maximum atomic E-state index is 12.4. The minimum absolute atomic E-state index is 0.186. The number of thioether (sulfide) groups is 1. The van der Waals surface area contributed by atoms with E-state index in [4.69, 9.17) is 27.1 Å². The molecule has 3 atom stereocenters.